The Morgan fingerprint density at radius 1 is 1.50 bits per heavy atom. The van der Waals surface area contributed by atoms with Gasteiger partial charge in [-0.25, -0.2) is 0 Å². The van der Waals surface area contributed by atoms with Crippen LogP contribution in [-0.2, 0) is 6.54 Å². The molecule has 1 atom stereocenters. The number of nitrogens with zero attached hydrogens (tertiary/aromatic N) is 2. The fraction of sp³-hybridized carbons (Fsp3) is 0.462. The molecule has 0 spiro atoms. The fourth-order valence-electron chi connectivity index (χ4n) is 2.14. The molecular formula is C13H17N3. The van der Waals surface area contributed by atoms with Gasteiger partial charge in [0, 0.05) is 31.4 Å². The van der Waals surface area contributed by atoms with Gasteiger partial charge in [-0.15, -0.1) is 0 Å². The lowest BCUT2D eigenvalue weighted by Gasteiger charge is -2.25. The van der Waals surface area contributed by atoms with Crippen LogP contribution in [0.4, 0.5) is 5.69 Å². The van der Waals surface area contributed by atoms with E-state index in [1.807, 2.05) is 0 Å². The van der Waals surface area contributed by atoms with Crippen LogP contribution >= 0.6 is 0 Å². The molecule has 84 valence electrons. The molecule has 1 aromatic rings. The van der Waals surface area contributed by atoms with Gasteiger partial charge in [0.05, 0.1) is 12.5 Å². The maximum atomic E-state index is 8.69. The van der Waals surface area contributed by atoms with Crippen molar-refractivity contribution in [2.24, 2.45) is 0 Å². The Bertz CT molecular complexity index is 394. The molecule has 0 saturated heterocycles. The molecule has 0 radical (unpaired) electrons. The molecule has 3 heteroatoms. The van der Waals surface area contributed by atoms with Crippen LogP contribution < -0.4 is 10.2 Å². The van der Waals surface area contributed by atoms with Gasteiger partial charge >= 0.3 is 0 Å². The minimum Gasteiger partial charge on any atom is -0.369 e. The van der Waals surface area contributed by atoms with E-state index in [1.54, 1.807) is 0 Å². The fourth-order valence-corrected chi connectivity index (χ4v) is 2.14. The van der Waals surface area contributed by atoms with Gasteiger partial charge in [0.2, 0.25) is 0 Å². The van der Waals surface area contributed by atoms with Crippen molar-refractivity contribution in [3.8, 4) is 6.07 Å². The van der Waals surface area contributed by atoms with E-state index >= 15 is 0 Å². The summed E-state index contributed by atoms with van der Waals surface area (Å²) in [5.74, 6) is 0. The summed E-state index contributed by atoms with van der Waals surface area (Å²) in [6.07, 6.45) is 0.584. The molecule has 0 aromatic heterocycles. The van der Waals surface area contributed by atoms with Crippen LogP contribution in [0.1, 0.15) is 18.9 Å². The predicted octanol–water partition coefficient (Wildman–Crippen LogP) is 1.90. The highest BCUT2D eigenvalue weighted by molar-refractivity contribution is 5.54. The van der Waals surface area contributed by atoms with E-state index in [1.165, 1.54) is 11.3 Å². The third-order valence-corrected chi connectivity index (χ3v) is 2.96. The van der Waals surface area contributed by atoms with E-state index in [0.717, 1.165) is 19.6 Å². The van der Waals surface area contributed by atoms with E-state index in [4.69, 9.17) is 5.26 Å². The molecule has 1 aliphatic heterocycles. The summed E-state index contributed by atoms with van der Waals surface area (Å²) < 4.78 is 0. The van der Waals surface area contributed by atoms with Crippen molar-refractivity contribution in [1.29, 1.82) is 5.26 Å². The zero-order valence-corrected chi connectivity index (χ0v) is 9.61. The molecule has 1 N–H and O–H groups in total. The van der Waals surface area contributed by atoms with Crippen LogP contribution in [0.2, 0.25) is 0 Å². The second-order valence-electron chi connectivity index (χ2n) is 4.26. The van der Waals surface area contributed by atoms with Gasteiger partial charge in [-0.2, -0.15) is 5.26 Å². The summed E-state index contributed by atoms with van der Waals surface area (Å²) in [6.45, 7) is 4.89. The number of anilines is 1. The normalized spacial score (nSPS) is 19.8. The average molecular weight is 215 g/mol. The zero-order chi connectivity index (χ0) is 11.4. The smallest absolute Gasteiger partial charge is 0.0640 e. The average Bonchev–Trinajstić information content (AvgIpc) is 2.47. The van der Waals surface area contributed by atoms with Gasteiger partial charge in [0.15, 0.2) is 0 Å². The number of para-hydroxylation sites is 1. The first-order valence-corrected chi connectivity index (χ1v) is 5.74. The Morgan fingerprint density at radius 2 is 2.31 bits per heavy atom. The highest BCUT2D eigenvalue weighted by Gasteiger charge is 2.17. The van der Waals surface area contributed by atoms with Gasteiger partial charge in [0.25, 0.3) is 0 Å². The zero-order valence-electron chi connectivity index (χ0n) is 9.61. The summed E-state index contributed by atoms with van der Waals surface area (Å²) in [7, 11) is 0. The maximum absolute atomic E-state index is 8.69. The Labute approximate surface area is 96.7 Å². The lowest BCUT2D eigenvalue weighted by Crippen LogP contribution is -2.36. The molecule has 0 amide bonds. The van der Waals surface area contributed by atoms with Crippen LogP contribution in [0.15, 0.2) is 24.3 Å². The Hall–Kier alpha value is -1.53. The Balaban J connectivity index is 2.24. The summed E-state index contributed by atoms with van der Waals surface area (Å²) in [5.41, 5.74) is 2.60. The van der Waals surface area contributed by atoms with E-state index in [0.29, 0.717) is 12.5 Å². The summed E-state index contributed by atoms with van der Waals surface area (Å²) >= 11 is 0. The van der Waals surface area contributed by atoms with E-state index in [9.17, 15) is 0 Å². The standard InChI is InChI=1S/C13H17N3/c1-11-10-16(8-4-7-14)13-6-3-2-5-12(13)9-15-11/h2-3,5-6,11,15H,4,8-10H2,1H3. The van der Waals surface area contributed by atoms with Crippen LogP contribution in [0.5, 0.6) is 0 Å². The summed E-state index contributed by atoms with van der Waals surface area (Å²) in [6, 6.07) is 11.1. The maximum Gasteiger partial charge on any atom is 0.0640 e. The number of hydrogen-bond acceptors (Lipinski definition) is 3. The lowest BCUT2D eigenvalue weighted by molar-refractivity contribution is 0.554. The number of hydrogen-bond donors (Lipinski definition) is 1. The van der Waals surface area contributed by atoms with Crippen LogP contribution in [0.25, 0.3) is 0 Å². The monoisotopic (exact) mass is 215 g/mol. The van der Waals surface area contributed by atoms with Crippen molar-refractivity contribution in [3.63, 3.8) is 0 Å². The van der Waals surface area contributed by atoms with Crippen molar-refractivity contribution in [1.82, 2.24) is 5.32 Å². The largest absolute Gasteiger partial charge is 0.369 e. The molecule has 1 heterocycles. The minimum atomic E-state index is 0.464. The van der Waals surface area contributed by atoms with Gasteiger partial charge < -0.3 is 10.2 Å². The molecule has 3 nitrogen and oxygen atoms in total. The number of benzene rings is 1. The molecule has 1 unspecified atom stereocenters. The van der Waals surface area contributed by atoms with Crippen LogP contribution in [-0.4, -0.2) is 19.1 Å². The quantitative estimate of drug-likeness (QED) is 0.819. The lowest BCUT2D eigenvalue weighted by atomic mass is 10.1. The number of nitriles is 1. The predicted molar refractivity (Wildman–Crippen MR) is 65.2 cm³/mol. The SMILES string of the molecule is CC1CN(CCC#N)c2ccccc2CN1. The molecule has 0 aliphatic carbocycles. The Kier molecular flexibility index (Phi) is 3.43. The second-order valence-corrected chi connectivity index (χ2v) is 4.26. The van der Waals surface area contributed by atoms with Gasteiger partial charge in [-0.05, 0) is 18.6 Å². The molecule has 1 aliphatic rings. The molecular weight excluding hydrogens is 198 g/mol. The van der Waals surface area contributed by atoms with Crippen molar-refractivity contribution < 1.29 is 0 Å². The minimum absolute atomic E-state index is 0.464. The van der Waals surface area contributed by atoms with Crippen molar-refractivity contribution in [2.75, 3.05) is 18.0 Å². The Morgan fingerprint density at radius 3 is 3.12 bits per heavy atom. The highest BCUT2D eigenvalue weighted by Crippen LogP contribution is 2.23. The van der Waals surface area contributed by atoms with Crippen LogP contribution in [0.3, 0.4) is 0 Å². The number of fused-ring (bicyclic) bond motifs is 1. The molecule has 0 saturated carbocycles. The third kappa shape index (κ3) is 2.34. The van der Waals surface area contributed by atoms with Gasteiger partial charge in [-0.3, -0.25) is 0 Å². The third-order valence-electron chi connectivity index (χ3n) is 2.96. The first kappa shape index (κ1) is 11.0. The highest BCUT2D eigenvalue weighted by atomic mass is 15.2. The van der Waals surface area contributed by atoms with E-state index in [2.05, 4.69) is 47.5 Å². The van der Waals surface area contributed by atoms with E-state index < -0.39 is 0 Å². The van der Waals surface area contributed by atoms with Crippen molar-refractivity contribution in [2.45, 2.75) is 25.9 Å². The molecule has 16 heavy (non-hydrogen) atoms. The van der Waals surface area contributed by atoms with Crippen LogP contribution in [0, 0.1) is 11.3 Å². The molecule has 1 aromatic carbocycles. The first-order valence-electron chi connectivity index (χ1n) is 5.74. The number of nitrogens with one attached hydrogen (secondary N) is 1. The van der Waals surface area contributed by atoms with Crippen molar-refractivity contribution in [3.05, 3.63) is 29.8 Å². The second kappa shape index (κ2) is 5.00. The molecule has 0 bridgehead atoms. The van der Waals surface area contributed by atoms with Gasteiger partial charge in [0.1, 0.15) is 0 Å². The first-order chi connectivity index (χ1) is 7.81. The number of rotatable bonds is 2. The van der Waals surface area contributed by atoms with Gasteiger partial charge in [-0.1, -0.05) is 18.2 Å². The van der Waals surface area contributed by atoms with Crippen molar-refractivity contribution >= 4 is 5.69 Å². The summed E-state index contributed by atoms with van der Waals surface area (Å²) in [5, 5.41) is 12.2. The van der Waals surface area contributed by atoms with E-state index in [-0.39, 0.29) is 0 Å². The molecule has 2 rings (SSSR count). The topological polar surface area (TPSA) is 39.1 Å². The summed E-state index contributed by atoms with van der Waals surface area (Å²) in [4.78, 5) is 2.31. The molecule has 0 fully saturated rings.